The van der Waals surface area contributed by atoms with Gasteiger partial charge in [-0.25, -0.2) is 0 Å². The molecule has 1 aromatic rings. The van der Waals surface area contributed by atoms with Crippen LogP contribution in [0.5, 0.6) is 0 Å². The van der Waals surface area contributed by atoms with Crippen molar-refractivity contribution in [3.05, 3.63) is 29.3 Å². The smallest absolute Gasteiger partial charge is 0.241 e. The van der Waals surface area contributed by atoms with Gasteiger partial charge in [0, 0.05) is 23.8 Å². The summed E-state index contributed by atoms with van der Waals surface area (Å²) in [6.07, 6.45) is 4.75. The lowest BCUT2D eigenvalue weighted by atomic mass is 10.2. The first-order valence-corrected chi connectivity index (χ1v) is 6.91. The van der Waals surface area contributed by atoms with E-state index in [1.807, 2.05) is 29.2 Å². The molecule has 0 aliphatic carbocycles. The Labute approximate surface area is 113 Å². The number of benzene rings is 1. The van der Waals surface area contributed by atoms with Crippen LogP contribution in [-0.2, 0) is 4.79 Å². The summed E-state index contributed by atoms with van der Waals surface area (Å²) in [4.78, 5) is 14.0. The molecule has 0 saturated carbocycles. The molecule has 1 N–H and O–H groups in total. The van der Waals surface area contributed by atoms with Crippen LogP contribution in [0.1, 0.15) is 25.7 Å². The first-order valence-electron chi connectivity index (χ1n) is 6.53. The third kappa shape index (κ3) is 3.91. The van der Waals surface area contributed by atoms with Gasteiger partial charge in [-0.2, -0.15) is 0 Å². The topological polar surface area (TPSA) is 32.3 Å². The van der Waals surface area contributed by atoms with Crippen molar-refractivity contribution in [2.24, 2.45) is 0 Å². The van der Waals surface area contributed by atoms with E-state index in [9.17, 15) is 4.79 Å². The zero-order valence-corrected chi connectivity index (χ0v) is 11.2. The number of nitrogens with zero attached hydrogens (tertiary/aromatic N) is 1. The number of likely N-dealkylation sites (tertiary alicyclic amines) is 1. The lowest BCUT2D eigenvalue weighted by molar-refractivity contribution is -0.129. The van der Waals surface area contributed by atoms with Crippen LogP contribution in [0.4, 0.5) is 5.69 Å². The largest absolute Gasteiger partial charge is 0.376 e. The second-order valence-corrected chi connectivity index (χ2v) is 5.09. The van der Waals surface area contributed by atoms with Crippen molar-refractivity contribution in [1.29, 1.82) is 0 Å². The van der Waals surface area contributed by atoms with Gasteiger partial charge in [0.25, 0.3) is 0 Å². The van der Waals surface area contributed by atoms with E-state index >= 15 is 0 Å². The maximum atomic E-state index is 12.0. The third-order valence-corrected chi connectivity index (χ3v) is 3.50. The molecule has 3 nitrogen and oxygen atoms in total. The summed E-state index contributed by atoms with van der Waals surface area (Å²) in [7, 11) is 0. The fourth-order valence-electron chi connectivity index (χ4n) is 2.18. The monoisotopic (exact) mass is 266 g/mol. The molecular weight excluding hydrogens is 248 g/mol. The van der Waals surface area contributed by atoms with Crippen LogP contribution in [0.15, 0.2) is 24.3 Å². The average Bonchev–Trinajstić information content (AvgIpc) is 2.66. The number of carbonyl (C=O) groups is 1. The van der Waals surface area contributed by atoms with Crippen molar-refractivity contribution in [2.45, 2.75) is 25.7 Å². The third-order valence-electron chi connectivity index (χ3n) is 3.25. The minimum atomic E-state index is 0.187. The Bertz CT molecular complexity index is 383. The van der Waals surface area contributed by atoms with Crippen LogP contribution in [-0.4, -0.2) is 30.4 Å². The summed E-state index contributed by atoms with van der Waals surface area (Å²) in [6.45, 7) is 2.17. The van der Waals surface area contributed by atoms with Crippen LogP contribution >= 0.6 is 11.6 Å². The van der Waals surface area contributed by atoms with Crippen molar-refractivity contribution in [1.82, 2.24) is 4.90 Å². The van der Waals surface area contributed by atoms with Crippen LogP contribution < -0.4 is 5.32 Å². The molecule has 1 saturated heterocycles. The number of halogens is 1. The Balaban J connectivity index is 1.81. The Morgan fingerprint density at radius 3 is 2.33 bits per heavy atom. The maximum absolute atomic E-state index is 12.0. The van der Waals surface area contributed by atoms with Crippen molar-refractivity contribution in [3.63, 3.8) is 0 Å². The van der Waals surface area contributed by atoms with E-state index in [1.165, 1.54) is 12.8 Å². The molecule has 1 fully saturated rings. The SMILES string of the molecule is O=C(CNc1ccc(Cl)cc1)N1CCCCCC1. The molecule has 0 unspecified atom stereocenters. The lowest BCUT2D eigenvalue weighted by Gasteiger charge is -2.20. The summed E-state index contributed by atoms with van der Waals surface area (Å²) in [5.41, 5.74) is 0.933. The standard InChI is InChI=1S/C14H19ClN2O/c15-12-5-7-13(8-6-12)16-11-14(18)17-9-3-1-2-4-10-17/h5-8,16H,1-4,9-11H2. The molecule has 0 bridgehead atoms. The summed E-state index contributed by atoms with van der Waals surface area (Å²) in [5.74, 6) is 0.187. The zero-order valence-electron chi connectivity index (χ0n) is 10.5. The minimum Gasteiger partial charge on any atom is -0.376 e. The normalized spacial score (nSPS) is 16.2. The van der Waals surface area contributed by atoms with Gasteiger partial charge in [0.15, 0.2) is 0 Å². The Morgan fingerprint density at radius 2 is 1.72 bits per heavy atom. The molecule has 0 radical (unpaired) electrons. The van der Waals surface area contributed by atoms with Crippen molar-refractivity contribution >= 4 is 23.2 Å². The molecule has 2 rings (SSSR count). The summed E-state index contributed by atoms with van der Waals surface area (Å²) in [6, 6.07) is 7.41. The van der Waals surface area contributed by atoms with Crippen LogP contribution in [0.25, 0.3) is 0 Å². The predicted octanol–water partition coefficient (Wildman–Crippen LogP) is 3.15. The highest BCUT2D eigenvalue weighted by Crippen LogP contribution is 2.14. The molecule has 1 aliphatic heterocycles. The molecule has 0 spiro atoms. The molecule has 18 heavy (non-hydrogen) atoms. The van der Waals surface area contributed by atoms with Crippen molar-refractivity contribution in [3.8, 4) is 0 Å². The number of hydrogen-bond donors (Lipinski definition) is 1. The number of anilines is 1. The zero-order chi connectivity index (χ0) is 12.8. The Hall–Kier alpha value is -1.22. The molecule has 1 heterocycles. The van der Waals surface area contributed by atoms with Crippen molar-refractivity contribution < 1.29 is 4.79 Å². The number of rotatable bonds is 3. The molecule has 0 atom stereocenters. The van der Waals surface area contributed by atoms with Gasteiger partial charge < -0.3 is 10.2 Å². The van der Waals surface area contributed by atoms with E-state index in [0.29, 0.717) is 11.6 Å². The van der Waals surface area contributed by atoms with Crippen LogP contribution in [0.3, 0.4) is 0 Å². The maximum Gasteiger partial charge on any atom is 0.241 e. The molecule has 1 aromatic carbocycles. The second kappa shape index (κ2) is 6.64. The van der Waals surface area contributed by atoms with Gasteiger partial charge in [-0.15, -0.1) is 0 Å². The van der Waals surface area contributed by atoms with Gasteiger partial charge in [-0.1, -0.05) is 24.4 Å². The van der Waals surface area contributed by atoms with Crippen molar-refractivity contribution in [2.75, 3.05) is 25.0 Å². The van der Waals surface area contributed by atoms with Crippen LogP contribution in [0, 0.1) is 0 Å². The number of amides is 1. The van der Waals surface area contributed by atoms with E-state index in [0.717, 1.165) is 31.6 Å². The average molecular weight is 267 g/mol. The Kier molecular flexibility index (Phi) is 4.88. The lowest BCUT2D eigenvalue weighted by Crippen LogP contribution is -2.36. The minimum absolute atomic E-state index is 0.187. The summed E-state index contributed by atoms with van der Waals surface area (Å²) < 4.78 is 0. The highest BCUT2D eigenvalue weighted by Gasteiger charge is 2.14. The first kappa shape index (κ1) is 13.2. The van der Waals surface area contributed by atoms with Gasteiger partial charge in [-0.05, 0) is 37.1 Å². The molecular formula is C14H19ClN2O. The predicted molar refractivity (Wildman–Crippen MR) is 75.0 cm³/mol. The van der Waals surface area contributed by atoms with E-state index in [4.69, 9.17) is 11.6 Å². The number of nitrogens with one attached hydrogen (secondary N) is 1. The number of carbonyl (C=O) groups excluding carboxylic acids is 1. The van der Waals surface area contributed by atoms with E-state index in [1.54, 1.807) is 0 Å². The fourth-order valence-corrected chi connectivity index (χ4v) is 2.30. The molecule has 1 aliphatic rings. The number of hydrogen-bond acceptors (Lipinski definition) is 2. The summed E-state index contributed by atoms with van der Waals surface area (Å²) in [5, 5.41) is 3.85. The molecule has 98 valence electrons. The second-order valence-electron chi connectivity index (χ2n) is 4.66. The molecule has 0 aromatic heterocycles. The molecule has 1 amide bonds. The first-order chi connectivity index (χ1) is 8.75. The quantitative estimate of drug-likeness (QED) is 0.912. The highest BCUT2D eigenvalue weighted by atomic mass is 35.5. The van der Waals surface area contributed by atoms with E-state index in [-0.39, 0.29) is 5.91 Å². The van der Waals surface area contributed by atoms with Gasteiger partial charge in [0.2, 0.25) is 5.91 Å². The Morgan fingerprint density at radius 1 is 1.11 bits per heavy atom. The van der Waals surface area contributed by atoms with Gasteiger partial charge >= 0.3 is 0 Å². The highest BCUT2D eigenvalue weighted by molar-refractivity contribution is 6.30. The van der Waals surface area contributed by atoms with Gasteiger partial charge in [-0.3, -0.25) is 4.79 Å². The molecule has 4 heteroatoms. The van der Waals surface area contributed by atoms with E-state index in [2.05, 4.69) is 5.32 Å². The van der Waals surface area contributed by atoms with Gasteiger partial charge in [0.05, 0.1) is 6.54 Å². The van der Waals surface area contributed by atoms with Gasteiger partial charge in [0.1, 0.15) is 0 Å². The van der Waals surface area contributed by atoms with Crippen LogP contribution in [0.2, 0.25) is 5.02 Å². The fraction of sp³-hybridized carbons (Fsp3) is 0.500. The summed E-state index contributed by atoms with van der Waals surface area (Å²) >= 11 is 5.81. The van der Waals surface area contributed by atoms with E-state index < -0.39 is 0 Å².